The molecule has 0 saturated heterocycles. The molecule has 1 aromatic carbocycles. The number of rotatable bonds is 6. The lowest BCUT2D eigenvalue weighted by molar-refractivity contribution is 0.252. The molecular weight excluding hydrogens is 258 g/mol. The summed E-state index contributed by atoms with van der Waals surface area (Å²) < 4.78 is 4.37. The highest BCUT2D eigenvalue weighted by atomic mass is 32.1. The van der Waals surface area contributed by atoms with Gasteiger partial charge in [0.25, 0.3) is 0 Å². The van der Waals surface area contributed by atoms with Crippen LogP contribution < -0.4 is 5.32 Å². The fraction of sp³-hybridized carbons (Fsp3) is 0.429. The second kappa shape index (κ2) is 6.12. The molecule has 102 valence electrons. The smallest absolute Gasteiger partial charge is 0.203 e. The van der Waals surface area contributed by atoms with Crippen LogP contribution in [0.5, 0.6) is 0 Å². The maximum atomic E-state index is 9.12. The fourth-order valence-corrected chi connectivity index (χ4v) is 2.55. The minimum absolute atomic E-state index is 0.137. The van der Waals surface area contributed by atoms with Gasteiger partial charge in [-0.15, -0.1) is 0 Å². The number of aliphatic hydroxyl groups excluding tert-OH is 1. The van der Waals surface area contributed by atoms with Gasteiger partial charge in [0.15, 0.2) is 5.82 Å². The third-order valence-electron chi connectivity index (χ3n) is 3.31. The molecule has 0 spiro atoms. The molecule has 1 atom stereocenters. The third-order valence-corrected chi connectivity index (χ3v) is 3.94. The van der Waals surface area contributed by atoms with E-state index in [1.165, 1.54) is 11.5 Å². The normalized spacial score (nSPS) is 14.1. The van der Waals surface area contributed by atoms with Gasteiger partial charge in [-0.1, -0.05) is 37.3 Å². The van der Waals surface area contributed by atoms with Crippen molar-refractivity contribution in [3.63, 3.8) is 0 Å². The van der Waals surface area contributed by atoms with E-state index in [0.717, 1.165) is 22.9 Å². The molecule has 1 unspecified atom stereocenters. The molecule has 4 nitrogen and oxygen atoms in total. The van der Waals surface area contributed by atoms with Crippen molar-refractivity contribution in [2.75, 3.05) is 11.9 Å². The first-order valence-electron chi connectivity index (χ1n) is 6.45. The number of hydrogen-bond acceptors (Lipinski definition) is 5. The molecule has 1 heterocycles. The third kappa shape index (κ3) is 3.52. The molecule has 0 saturated carbocycles. The number of anilines is 1. The van der Waals surface area contributed by atoms with Crippen molar-refractivity contribution in [2.24, 2.45) is 0 Å². The molecule has 19 heavy (non-hydrogen) atoms. The Morgan fingerprint density at radius 2 is 2.05 bits per heavy atom. The minimum Gasteiger partial charge on any atom is -0.396 e. The van der Waals surface area contributed by atoms with Crippen molar-refractivity contribution >= 4 is 16.7 Å². The highest BCUT2D eigenvalue weighted by Crippen LogP contribution is 2.26. The Morgan fingerprint density at radius 3 is 2.68 bits per heavy atom. The van der Waals surface area contributed by atoms with Gasteiger partial charge in [0.1, 0.15) is 0 Å². The lowest BCUT2D eigenvalue weighted by Crippen LogP contribution is -2.34. The van der Waals surface area contributed by atoms with Crippen molar-refractivity contribution in [1.29, 1.82) is 0 Å². The molecular formula is C14H19N3OS. The van der Waals surface area contributed by atoms with Crippen LogP contribution in [0.25, 0.3) is 11.4 Å². The predicted octanol–water partition coefficient (Wildman–Crippen LogP) is 3.17. The van der Waals surface area contributed by atoms with Crippen molar-refractivity contribution < 1.29 is 5.11 Å². The monoisotopic (exact) mass is 277 g/mol. The highest BCUT2D eigenvalue weighted by Gasteiger charge is 2.22. The van der Waals surface area contributed by atoms with Crippen LogP contribution in [0, 0.1) is 0 Å². The van der Waals surface area contributed by atoms with Gasteiger partial charge in [-0.3, -0.25) is 0 Å². The van der Waals surface area contributed by atoms with Crippen LogP contribution in [0.1, 0.15) is 26.7 Å². The highest BCUT2D eigenvalue weighted by molar-refractivity contribution is 7.09. The summed E-state index contributed by atoms with van der Waals surface area (Å²) in [6.07, 6.45) is 1.62. The van der Waals surface area contributed by atoms with Crippen LogP contribution in [0.4, 0.5) is 5.13 Å². The van der Waals surface area contributed by atoms with Crippen LogP contribution in [-0.4, -0.2) is 26.6 Å². The second-order valence-electron chi connectivity index (χ2n) is 4.80. The first kappa shape index (κ1) is 14.0. The maximum absolute atomic E-state index is 9.12. The fourth-order valence-electron chi connectivity index (χ4n) is 1.81. The van der Waals surface area contributed by atoms with E-state index in [4.69, 9.17) is 5.11 Å². The van der Waals surface area contributed by atoms with Crippen molar-refractivity contribution in [1.82, 2.24) is 9.36 Å². The summed E-state index contributed by atoms with van der Waals surface area (Å²) in [5.74, 6) is 0.746. The zero-order chi connectivity index (χ0) is 13.7. The van der Waals surface area contributed by atoms with E-state index >= 15 is 0 Å². The van der Waals surface area contributed by atoms with Crippen LogP contribution in [0.15, 0.2) is 30.3 Å². The summed E-state index contributed by atoms with van der Waals surface area (Å²) in [4.78, 5) is 4.51. The topological polar surface area (TPSA) is 58.0 Å². The Morgan fingerprint density at radius 1 is 1.32 bits per heavy atom. The molecule has 0 aliphatic rings. The summed E-state index contributed by atoms with van der Waals surface area (Å²) >= 11 is 1.36. The largest absolute Gasteiger partial charge is 0.396 e. The molecule has 5 heteroatoms. The molecule has 2 aromatic rings. The zero-order valence-electron chi connectivity index (χ0n) is 11.3. The number of benzene rings is 1. The van der Waals surface area contributed by atoms with E-state index in [0.29, 0.717) is 6.42 Å². The standard InChI is InChI=1S/C14H19N3OS/c1-3-14(2,9-10-18)16-13-15-12(17-19-13)11-7-5-4-6-8-11/h4-8,18H,3,9-10H2,1-2H3,(H,15,16,17). The van der Waals surface area contributed by atoms with Gasteiger partial charge < -0.3 is 10.4 Å². The Kier molecular flexibility index (Phi) is 4.50. The van der Waals surface area contributed by atoms with Crippen molar-refractivity contribution in [3.8, 4) is 11.4 Å². The Labute approximate surface area is 117 Å². The quantitative estimate of drug-likeness (QED) is 0.851. The van der Waals surface area contributed by atoms with E-state index in [2.05, 4.69) is 28.5 Å². The molecule has 0 aliphatic heterocycles. The van der Waals surface area contributed by atoms with Gasteiger partial charge in [-0.25, -0.2) is 0 Å². The number of aromatic nitrogens is 2. The van der Waals surface area contributed by atoms with Gasteiger partial charge in [0, 0.05) is 29.2 Å². The van der Waals surface area contributed by atoms with Crippen LogP contribution in [0.2, 0.25) is 0 Å². The van der Waals surface area contributed by atoms with E-state index in [9.17, 15) is 0 Å². The Hall–Kier alpha value is -1.46. The zero-order valence-corrected chi connectivity index (χ0v) is 12.1. The van der Waals surface area contributed by atoms with E-state index in [1.807, 2.05) is 30.3 Å². The molecule has 0 bridgehead atoms. The molecule has 0 radical (unpaired) electrons. The number of nitrogens with one attached hydrogen (secondary N) is 1. The SMILES string of the molecule is CCC(C)(CCO)Nc1nc(-c2ccccc2)ns1. The summed E-state index contributed by atoms with van der Waals surface area (Å²) in [5.41, 5.74) is 0.884. The van der Waals surface area contributed by atoms with Crippen molar-refractivity contribution in [3.05, 3.63) is 30.3 Å². The maximum Gasteiger partial charge on any atom is 0.203 e. The first-order chi connectivity index (χ1) is 9.17. The van der Waals surface area contributed by atoms with Crippen molar-refractivity contribution in [2.45, 2.75) is 32.2 Å². The first-order valence-corrected chi connectivity index (χ1v) is 7.22. The number of hydrogen-bond donors (Lipinski definition) is 2. The molecule has 0 fully saturated rings. The molecule has 0 amide bonds. The Bertz CT molecular complexity index is 514. The lowest BCUT2D eigenvalue weighted by atomic mass is 9.95. The Balaban J connectivity index is 2.13. The predicted molar refractivity (Wildman–Crippen MR) is 79.4 cm³/mol. The van der Waals surface area contributed by atoms with Crippen LogP contribution in [0.3, 0.4) is 0 Å². The molecule has 2 N–H and O–H groups in total. The minimum atomic E-state index is -0.137. The lowest BCUT2D eigenvalue weighted by Gasteiger charge is -2.28. The summed E-state index contributed by atoms with van der Waals surface area (Å²) in [6.45, 7) is 4.36. The second-order valence-corrected chi connectivity index (χ2v) is 5.55. The summed E-state index contributed by atoms with van der Waals surface area (Å²) in [7, 11) is 0. The van der Waals surface area contributed by atoms with Crippen LogP contribution >= 0.6 is 11.5 Å². The average molecular weight is 277 g/mol. The number of nitrogens with zero attached hydrogens (tertiary/aromatic N) is 2. The van der Waals surface area contributed by atoms with Gasteiger partial charge in [-0.05, 0) is 19.8 Å². The van der Waals surface area contributed by atoms with Gasteiger partial charge >= 0.3 is 0 Å². The molecule has 0 aliphatic carbocycles. The van der Waals surface area contributed by atoms with Crippen LogP contribution in [-0.2, 0) is 0 Å². The summed E-state index contributed by atoms with van der Waals surface area (Å²) in [6, 6.07) is 9.93. The number of aliphatic hydroxyl groups is 1. The van der Waals surface area contributed by atoms with Gasteiger partial charge in [0.2, 0.25) is 5.13 Å². The van der Waals surface area contributed by atoms with Gasteiger partial charge in [-0.2, -0.15) is 9.36 Å². The average Bonchev–Trinajstić information content (AvgIpc) is 2.88. The van der Waals surface area contributed by atoms with Gasteiger partial charge in [0.05, 0.1) is 0 Å². The summed E-state index contributed by atoms with van der Waals surface area (Å²) in [5, 5.41) is 13.3. The molecule has 2 rings (SSSR count). The molecule has 1 aromatic heterocycles. The van der Waals surface area contributed by atoms with E-state index in [-0.39, 0.29) is 12.1 Å². The van der Waals surface area contributed by atoms with E-state index in [1.54, 1.807) is 0 Å². The van der Waals surface area contributed by atoms with E-state index < -0.39 is 0 Å².